The monoisotopic (exact) mass is 282 g/mol. The van der Waals surface area contributed by atoms with Crippen LogP contribution in [0.5, 0.6) is 0 Å². The quantitative estimate of drug-likeness (QED) is 0.814. The van der Waals surface area contributed by atoms with E-state index in [1.165, 1.54) is 32.1 Å². The molecule has 118 valence electrons. The van der Waals surface area contributed by atoms with Crippen molar-refractivity contribution < 1.29 is 5.11 Å². The molecule has 2 N–H and O–H groups in total. The van der Waals surface area contributed by atoms with Gasteiger partial charge in [0.15, 0.2) is 0 Å². The lowest BCUT2D eigenvalue weighted by atomic mass is 9.88. The van der Waals surface area contributed by atoms with Crippen molar-refractivity contribution in [2.75, 3.05) is 19.6 Å². The zero-order valence-electron chi connectivity index (χ0n) is 13.6. The minimum absolute atomic E-state index is 0.180. The molecule has 2 aliphatic rings. The van der Waals surface area contributed by atoms with Crippen molar-refractivity contribution in [2.45, 2.75) is 77.5 Å². The summed E-state index contributed by atoms with van der Waals surface area (Å²) in [6, 6.07) is 1.30. The third kappa shape index (κ3) is 5.01. The number of piperidine rings is 1. The summed E-state index contributed by atoms with van der Waals surface area (Å²) in [5, 5.41) is 13.9. The van der Waals surface area contributed by atoms with E-state index in [4.69, 9.17) is 0 Å². The molecule has 1 heterocycles. The molecule has 1 aliphatic heterocycles. The van der Waals surface area contributed by atoms with Crippen molar-refractivity contribution in [3.05, 3.63) is 0 Å². The van der Waals surface area contributed by atoms with E-state index in [1.807, 2.05) is 6.92 Å². The van der Waals surface area contributed by atoms with Crippen LogP contribution in [0.2, 0.25) is 0 Å². The molecular formula is C17H34N2O. The topological polar surface area (TPSA) is 35.5 Å². The van der Waals surface area contributed by atoms with Crippen LogP contribution in [0.15, 0.2) is 0 Å². The molecule has 2 fully saturated rings. The highest BCUT2D eigenvalue weighted by atomic mass is 16.3. The molecule has 0 aromatic heterocycles. The number of hydrogen-bond acceptors (Lipinski definition) is 3. The Morgan fingerprint density at radius 1 is 1.05 bits per heavy atom. The van der Waals surface area contributed by atoms with Gasteiger partial charge in [0.05, 0.1) is 6.10 Å². The van der Waals surface area contributed by atoms with Gasteiger partial charge in [-0.15, -0.1) is 0 Å². The summed E-state index contributed by atoms with van der Waals surface area (Å²) in [6.07, 6.45) is 7.85. The normalized spacial score (nSPS) is 31.6. The zero-order valence-corrected chi connectivity index (χ0v) is 13.6. The fourth-order valence-corrected chi connectivity index (χ4v) is 3.97. The maximum atomic E-state index is 10.00. The van der Waals surface area contributed by atoms with Crippen LogP contribution in [-0.4, -0.2) is 47.8 Å². The number of aliphatic hydroxyl groups excluding tert-OH is 1. The van der Waals surface area contributed by atoms with Crippen LogP contribution in [0.4, 0.5) is 0 Å². The Labute approximate surface area is 125 Å². The molecule has 1 saturated heterocycles. The number of nitrogens with zero attached hydrogens (tertiary/aromatic N) is 1. The van der Waals surface area contributed by atoms with Gasteiger partial charge in [0, 0.05) is 31.7 Å². The second-order valence-corrected chi connectivity index (χ2v) is 7.55. The van der Waals surface area contributed by atoms with Crippen molar-refractivity contribution in [1.29, 1.82) is 0 Å². The molecule has 3 atom stereocenters. The van der Waals surface area contributed by atoms with Crippen LogP contribution in [0.3, 0.4) is 0 Å². The average molecular weight is 282 g/mol. The highest BCUT2D eigenvalue weighted by molar-refractivity contribution is 4.88. The fraction of sp³-hybridized carbons (Fsp3) is 1.00. The fourth-order valence-electron chi connectivity index (χ4n) is 3.97. The van der Waals surface area contributed by atoms with Gasteiger partial charge >= 0.3 is 0 Å². The zero-order chi connectivity index (χ0) is 14.5. The van der Waals surface area contributed by atoms with Gasteiger partial charge in [-0.2, -0.15) is 0 Å². The largest absolute Gasteiger partial charge is 0.393 e. The predicted octanol–water partition coefficient (Wildman–Crippen LogP) is 2.64. The lowest BCUT2D eigenvalue weighted by molar-refractivity contribution is 0.0402. The minimum atomic E-state index is -0.180. The molecule has 0 spiro atoms. The molecule has 0 aromatic carbocycles. The van der Waals surface area contributed by atoms with E-state index in [1.54, 1.807) is 0 Å². The molecule has 3 unspecified atom stereocenters. The minimum Gasteiger partial charge on any atom is -0.393 e. The van der Waals surface area contributed by atoms with E-state index in [2.05, 4.69) is 24.1 Å². The molecule has 0 bridgehead atoms. The van der Waals surface area contributed by atoms with Crippen LogP contribution in [-0.2, 0) is 0 Å². The first-order valence-corrected chi connectivity index (χ1v) is 8.71. The van der Waals surface area contributed by atoms with Crippen molar-refractivity contribution in [3.63, 3.8) is 0 Å². The smallest absolute Gasteiger partial charge is 0.0553 e. The van der Waals surface area contributed by atoms with Crippen LogP contribution in [0, 0.1) is 11.8 Å². The Morgan fingerprint density at radius 2 is 1.75 bits per heavy atom. The number of rotatable bonds is 5. The van der Waals surface area contributed by atoms with E-state index in [0.29, 0.717) is 17.9 Å². The van der Waals surface area contributed by atoms with Crippen molar-refractivity contribution in [2.24, 2.45) is 11.8 Å². The Kier molecular flexibility index (Phi) is 6.31. The van der Waals surface area contributed by atoms with Gasteiger partial charge in [-0.05, 0) is 38.0 Å². The summed E-state index contributed by atoms with van der Waals surface area (Å²) in [7, 11) is 0. The molecule has 2 rings (SSSR count). The molecule has 1 aliphatic carbocycles. The Bertz CT molecular complexity index is 274. The molecule has 20 heavy (non-hydrogen) atoms. The van der Waals surface area contributed by atoms with Crippen molar-refractivity contribution in [1.82, 2.24) is 10.2 Å². The van der Waals surface area contributed by atoms with Gasteiger partial charge in [-0.3, -0.25) is 0 Å². The van der Waals surface area contributed by atoms with Gasteiger partial charge in [0.25, 0.3) is 0 Å². The van der Waals surface area contributed by atoms with Crippen LogP contribution in [0.25, 0.3) is 0 Å². The van der Waals surface area contributed by atoms with Crippen LogP contribution >= 0.6 is 0 Å². The van der Waals surface area contributed by atoms with Gasteiger partial charge in [-0.25, -0.2) is 0 Å². The first kappa shape index (κ1) is 16.3. The number of hydrogen-bond donors (Lipinski definition) is 2. The summed E-state index contributed by atoms with van der Waals surface area (Å²) in [5.74, 6) is 1.14. The van der Waals surface area contributed by atoms with E-state index >= 15 is 0 Å². The summed E-state index contributed by atoms with van der Waals surface area (Å²) >= 11 is 0. The maximum Gasteiger partial charge on any atom is 0.0553 e. The molecule has 3 heteroatoms. The van der Waals surface area contributed by atoms with Crippen molar-refractivity contribution in [3.8, 4) is 0 Å². The second kappa shape index (κ2) is 7.77. The molecular weight excluding hydrogens is 248 g/mol. The number of likely N-dealkylation sites (tertiary alicyclic amines) is 1. The molecule has 0 aromatic rings. The molecule has 3 nitrogen and oxygen atoms in total. The van der Waals surface area contributed by atoms with E-state index < -0.39 is 0 Å². The third-order valence-corrected chi connectivity index (χ3v) is 4.94. The Morgan fingerprint density at radius 3 is 2.35 bits per heavy atom. The van der Waals surface area contributed by atoms with Gasteiger partial charge in [0.1, 0.15) is 0 Å². The van der Waals surface area contributed by atoms with E-state index in [0.717, 1.165) is 32.1 Å². The summed E-state index contributed by atoms with van der Waals surface area (Å²) in [4.78, 5) is 2.56. The van der Waals surface area contributed by atoms with Crippen LogP contribution < -0.4 is 5.32 Å². The number of aliphatic hydroxyl groups is 1. The molecule has 1 saturated carbocycles. The average Bonchev–Trinajstić information content (AvgIpc) is 2.38. The van der Waals surface area contributed by atoms with E-state index in [9.17, 15) is 5.11 Å². The van der Waals surface area contributed by atoms with Crippen molar-refractivity contribution >= 4 is 0 Å². The van der Waals surface area contributed by atoms with Gasteiger partial charge < -0.3 is 15.3 Å². The lowest BCUT2D eigenvalue weighted by Crippen LogP contribution is -2.54. The third-order valence-electron chi connectivity index (χ3n) is 4.94. The SMILES string of the molecule is CC(C)CN1CC(NC2CCCCC2)CC(C(C)O)C1. The predicted molar refractivity (Wildman–Crippen MR) is 84.9 cm³/mol. The molecule has 0 radical (unpaired) electrons. The summed E-state index contributed by atoms with van der Waals surface area (Å²) in [6.45, 7) is 9.93. The second-order valence-electron chi connectivity index (χ2n) is 7.55. The first-order chi connectivity index (χ1) is 9.54. The standard InChI is InChI=1S/C17H34N2O/c1-13(2)10-19-11-15(14(3)20)9-17(12-19)18-16-7-5-4-6-8-16/h13-18,20H,4-12H2,1-3H3. The summed E-state index contributed by atoms with van der Waals surface area (Å²) in [5.41, 5.74) is 0. The highest BCUT2D eigenvalue weighted by Crippen LogP contribution is 2.24. The maximum absolute atomic E-state index is 10.00. The summed E-state index contributed by atoms with van der Waals surface area (Å²) < 4.78 is 0. The Hall–Kier alpha value is -0.120. The first-order valence-electron chi connectivity index (χ1n) is 8.71. The number of nitrogens with one attached hydrogen (secondary N) is 1. The molecule has 0 amide bonds. The van der Waals surface area contributed by atoms with Gasteiger partial charge in [0.2, 0.25) is 0 Å². The van der Waals surface area contributed by atoms with Crippen LogP contribution in [0.1, 0.15) is 59.3 Å². The Balaban J connectivity index is 1.88. The lowest BCUT2D eigenvalue weighted by Gasteiger charge is -2.41. The van der Waals surface area contributed by atoms with Gasteiger partial charge in [-0.1, -0.05) is 33.1 Å². The van der Waals surface area contributed by atoms with E-state index in [-0.39, 0.29) is 6.10 Å². The highest BCUT2D eigenvalue weighted by Gasteiger charge is 2.31.